The van der Waals surface area contributed by atoms with Crippen LogP contribution >= 0.6 is 0 Å². The predicted molar refractivity (Wildman–Crippen MR) is 107 cm³/mol. The summed E-state index contributed by atoms with van der Waals surface area (Å²) in [6.07, 6.45) is 9.15. The molecule has 5 heteroatoms. The van der Waals surface area contributed by atoms with Crippen molar-refractivity contribution >= 4 is 5.65 Å². The van der Waals surface area contributed by atoms with Crippen LogP contribution in [0.15, 0.2) is 59.5 Å². The van der Waals surface area contributed by atoms with E-state index in [0.717, 1.165) is 29.9 Å². The highest BCUT2D eigenvalue weighted by molar-refractivity contribution is 5.65. The maximum atomic E-state index is 5.27. The van der Waals surface area contributed by atoms with Crippen LogP contribution in [0.1, 0.15) is 41.3 Å². The molecular weight excluding hydrogens is 348 g/mol. The second-order valence-electron chi connectivity index (χ2n) is 8.08. The van der Waals surface area contributed by atoms with Crippen molar-refractivity contribution in [1.82, 2.24) is 19.5 Å². The summed E-state index contributed by atoms with van der Waals surface area (Å²) in [6.45, 7) is 3.06. The second-order valence-corrected chi connectivity index (χ2v) is 8.08. The van der Waals surface area contributed by atoms with Crippen molar-refractivity contribution in [1.29, 1.82) is 0 Å². The van der Waals surface area contributed by atoms with Gasteiger partial charge in [0.15, 0.2) is 5.65 Å². The maximum absolute atomic E-state index is 5.27. The van der Waals surface area contributed by atoms with E-state index in [4.69, 9.17) is 14.5 Å². The Morgan fingerprint density at radius 1 is 1.18 bits per heavy atom. The number of benzene rings is 1. The number of aromatic nitrogens is 3. The molecule has 1 aromatic carbocycles. The first-order valence-corrected chi connectivity index (χ1v) is 9.98. The molecule has 2 aliphatic rings. The third kappa shape index (κ3) is 2.43. The van der Waals surface area contributed by atoms with Gasteiger partial charge in [-0.3, -0.25) is 4.90 Å². The summed E-state index contributed by atoms with van der Waals surface area (Å²) >= 11 is 0. The van der Waals surface area contributed by atoms with E-state index in [9.17, 15) is 0 Å². The van der Waals surface area contributed by atoms with Crippen LogP contribution in [0.4, 0.5) is 0 Å². The quantitative estimate of drug-likeness (QED) is 0.530. The first-order chi connectivity index (χ1) is 13.8. The van der Waals surface area contributed by atoms with Crippen molar-refractivity contribution in [2.45, 2.75) is 44.8 Å². The third-order valence-corrected chi connectivity index (χ3v) is 6.31. The molecule has 5 heterocycles. The normalized spacial score (nSPS) is 21.3. The fourth-order valence-corrected chi connectivity index (χ4v) is 4.97. The maximum Gasteiger partial charge on any atom is 0.155 e. The van der Waals surface area contributed by atoms with E-state index in [1.54, 1.807) is 6.26 Å². The molecule has 2 bridgehead atoms. The minimum absolute atomic E-state index is 0.423. The highest BCUT2D eigenvalue weighted by Gasteiger charge is 2.41. The summed E-state index contributed by atoms with van der Waals surface area (Å²) in [6, 6.07) is 13.7. The molecule has 3 aromatic heterocycles. The van der Waals surface area contributed by atoms with E-state index in [1.807, 2.05) is 6.26 Å². The van der Waals surface area contributed by atoms with Crippen LogP contribution in [0, 0.1) is 6.92 Å². The highest BCUT2D eigenvalue weighted by atomic mass is 16.3. The lowest BCUT2D eigenvalue weighted by Crippen LogP contribution is -2.38. The van der Waals surface area contributed by atoms with Gasteiger partial charge in [0.25, 0.3) is 0 Å². The molecule has 0 N–H and O–H groups in total. The largest absolute Gasteiger partial charge is 0.472 e. The molecule has 4 aromatic rings. The molecule has 0 amide bonds. The van der Waals surface area contributed by atoms with Crippen LogP contribution < -0.4 is 0 Å². The zero-order valence-corrected chi connectivity index (χ0v) is 15.9. The van der Waals surface area contributed by atoms with Gasteiger partial charge in [-0.15, -0.1) is 0 Å². The minimum atomic E-state index is 0.423. The Balaban J connectivity index is 1.42. The molecular formula is C23H22N4O. The zero-order chi connectivity index (χ0) is 18.7. The molecule has 140 valence electrons. The van der Waals surface area contributed by atoms with Gasteiger partial charge < -0.3 is 4.42 Å². The molecule has 0 spiro atoms. The van der Waals surface area contributed by atoms with E-state index < -0.39 is 0 Å². The third-order valence-electron chi connectivity index (χ3n) is 6.31. The van der Waals surface area contributed by atoms with Crippen LogP contribution in [-0.4, -0.2) is 25.5 Å². The molecule has 6 rings (SSSR count). The summed E-state index contributed by atoms with van der Waals surface area (Å²) in [5, 5.41) is 4.96. The Hall–Kier alpha value is -2.92. The zero-order valence-electron chi connectivity index (χ0n) is 15.9. The van der Waals surface area contributed by atoms with Gasteiger partial charge in [-0.05, 0) is 31.9 Å². The number of fused-ring (bicyclic) bond motifs is 6. The number of hydrogen-bond donors (Lipinski definition) is 0. The molecule has 2 atom stereocenters. The average Bonchev–Trinajstić information content (AvgIpc) is 3.42. The van der Waals surface area contributed by atoms with Gasteiger partial charge in [0.1, 0.15) is 0 Å². The van der Waals surface area contributed by atoms with Crippen molar-refractivity contribution < 1.29 is 4.42 Å². The topological polar surface area (TPSA) is 46.6 Å². The first-order valence-electron chi connectivity index (χ1n) is 9.98. The van der Waals surface area contributed by atoms with E-state index in [-0.39, 0.29) is 0 Å². The molecule has 2 aliphatic heterocycles. The van der Waals surface area contributed by atoms with Gasteiger partial charge in [-0.25, -0.2) is 9.50 Å². The average molecular weight is 370 g/mol. The van der Waals surface area contributed by atoms with Gasteiger partial charge in [-0.1, -0.05) is 23.8 Å². The van der Waals surface area contributed by atoms with E-state index in [1.165, 1.54) is 35.2 Å². The summed E-state index contributed by atoms with van der Waals surface area (Å²) in [7, 11) is 0. The van der Waals surface area contributed by atoms with Crippen molar-refractivity contribution in [2.75, 3.05) is 0 Å². The Morgan fingerprint density at radius 2 is 2.14 bits per heavy atom. The molecule has 0 saturated carbocycles. The van der Waals surface area contributed by atoms with Crippen LogP contribution in [0.2, 0.25) is 0 Å². The molecule has 1 fully saturated rings. The van der Waals surface area contributed by atoms with Crippen molar-refractivity contribution in [3.63, 3.8) is 0 Å². The molecule has 0 radical (unpaired) electrons. The summed E-state index contributed by atoms with van der Waals surface area (Å²) in [5.74, 6) is 0. The lowest BCUT2D eigenvalue weighted by atomic mass is 9.98. The Labute approximate surface area is 163 Å². The predicted octanol–water partition coefficient (Wildman–Crippen LogP) is 4.56. The van der Waals surface area contributed by atoms with E-state index >= 15 is 0 Å². The highest BCUT2D eigenvalue weighted by Crippen LogP contribution is 2.44. The van der Waals surface area contributed by atoms with Crippen LogP contribution in [0.5, 0.6) is 0 Å². The Bertz CT molecular complexity index is 1160. The summed E-state index contributed by atoms with van der Waals surface area (Å²) < 4.78 is 7.36. The SMILES string of the molecule is Cc1cccc(-c2cc3ncc4c(n3n2)C[C@@H]2CC[C@H]4N2Cc2ccoc2)c1. The monoisotopic (exact) mass is 370 g/mol. The van der Waals surface area contributed by atoms with Gasteiger partial charge in [-0.2, -0.15) is 5.10 Å². The number of hydrogen-bond acceptors (Lipinski definition) is 4. The number of nitrogens with zero attached hydrogens (tertiary/aromatic N) is 4. The number of aryl methyl sites for hydroxylation is 1. The standard InChI is InChI=1S/C23H22N4O/c1-15-3-2-4-17(9-15)20-11-23-24-12-19-21-6-5-18(10-22(19)27(23)25-20)26(21)13-16-7-8-28-14-16/h2-4,7-9,11-12,14,18,21H,5-6,10,13H2,1H3/t18-,21+/m0/s1. The lowest BCUT2D eigenvalue weighted by molar-refractivity contribution is 0.165. The van der Waals surface area contributed by atoms with Gasteiger partial charge in [0.2, 0.25) is 0 Å². The van der Waals surface area contributed by atoms with Crippen molar-refractivity contribution in [3.8, 4) is 11.3 Å². The Kier molecular flexibility index (Phi) is 3.47. The number of furan rings is 1. The van der Waals surface area contributed by atoms with Crippen molar-refractivity contribution in [2.24, 2.45) is 0 Å². The summed E-state index contributed by atoms with van der Waals surface area (Å²) in [5.41, 5.74) is 8.26. The van der Waals surface area contributed by atoms with Crippen LogP contribution in [0.25, 0.3) is 16.9 Å². The van der Waals surface area contributed by atoms with Crippen molar-refractivity contribution in [3.05, 3.63) is 77.5 Å². The van der Waals surface area contributed by atoms with Gasteiger partial charge in [0.05, 0.1) is 23.9 Å². The smallest absolute Gasteiger partial charge is 0.155 e. The minimum Gasteiger partial charge on any atom is -0.472 e. The molecule has 28 heavy (non-hydrogen) atoms. The first kappa shape index (κ1) is 16.1. The molecule has 0 aliphatic carbocycles. The van der Waals surface area contributed by atoms with Gasteiger partial charge in [0, 0.05) is 54.0 Å². The molecule has 5 nitrogen and oxygen atoms in total. The number of rotatable bonds is 3. The molecule has 0 unspecified atom stereocenters. The van der Waals surface area contributed by atoms with Crippen LogP contribution in [-0.2, 0) is 13.0 Å². The Morgan fingerprint density at radius 3 is 3.00 bits per heavy atom. The second kappa shape index (κ2) is 6.04. The van der Waals surface area contributed by atoms with Crippen LogP contribution in [0.3, 0.4) is 0 Å². The molecule has 1 saturated heterocycles. The summed E-state index contributed by atoms with van der Waals surface area (Å²) in [4.78, 5) is 7.38. The van der Waals surface area contributed by atoms with E-state index in [0.29, 0.717) is 12.1 Å². The lowest BCUT2D eigenvalue weighted by Gasteiger charge is -2.35. The van der Waals surface area contributed by atoms with E-state index in [2.05, 4.69) is 58.9 Å². The fourth-order valence-electron chi connectivity index (χ4n) is 4.97. The fraction of sp³-hybridized carbons (Fsp3) is 0.304. The van der Waals surface area contributed by atoms with Gasteiger partial charge >= 0.3 is 0 Å².